The summed E-state index contributed by atoms with van der Waals surface area (Å²) in [4.78, 5) is 60.6. The highest BCUT2D eigenvalue weighted by Gasteiger charge is 2.78. The standard InChI is InChI=1S/C26H32BN5O6/c1-16(2)13-22(27-32(3)20(25(35)37-27)9-10-21(32)26(36)38-27)31-23(33)18(14-17-7-5-4-6-8-17)30-24(34)19-15-28-11-12-29-19/h4-8,11-12,15-16,18,20-22H,9-10,13-14H2,1-3H3,(H,30,34)(H,31,33)/t18-,20+,21+,22-,27?,32?/m0/s1. The van der Waals surface area contributed by atoms with Crippen LogP contribution in [-0.2, 0) is 30.1 Å². The number of amides is 2. The van der Waals surface area contributed by atoms with E-state index in [1.165, 1.54) is 18.6 Å². The highest BCUT2D eigenvalue weighted by atomic mass is 16.7. The molecule has 3 fully saturated rings. The number of aromatic nitrogens is 2. The van der Waals surface area contributed by atoms with E-state index in [0.29, 0.717) is 19.3 Å². The molecular weight excluding hydrogens is 489 g/mol. The van der Waals surface area contributed by atoms with Crippen molar-refractivity contribution in [2.45, 2.75) is 63.6 Å². The highest BCUT2D eigenvalue weighted by Crippen LogP contribution is 2.51. The molecule has 5 rings (SSSR count). The maximum absolute atomic E-state index is 13.9. The fourth-order valence-corrected chi connectivity index (χ4v) is 6.41. The van der Waals surface area contributed by atoms with Gasteiger partial charge in [0.15, 0.2) is 0 Å². The van der Waals surface area contributed by atoms with Gasteiger partial charge in [-0.05, 0) is 17.9 Å². The second kappa shape index (κ2) is 9.82. The number of carbonyl (C=O) groups excluding carboxylic acids is 4. The summed E-state index contributed by atoms with van der Waals surface area (Å²) in [6, 6.07) is 7.33. The molecule has 38 heavy (non-hydrogen) atoms. The largest absolute Gasteiger partial charge is 0.605 e. The summed E-state index contributed by atoms with van der Waals surface area (Å²) in [5, 5.41) is 5.81. The van der Waals surface area contributed by atoms with Gasteiger partial charge >= 0.3 is 18.6 Å². The molecule has 11 nitrogen and oxygen atoms in total. The SMILES string of the molecule is CC(C)C[C@H](NC(=O)[C@H](Cc1ccccc1)NC(=O)c1cnccn1)[B-]12OC(=O)[C@H]3CC[C@H](C(=O)O1)[N+]32C. The minimum absolute atomic E-state index is 0.0324. The van der Waals surface area contributed by atoms with E-state index in [2.05, 4.69) is 20.6 Å². The molecule has 1 aromatic heterocycles. The van der Waals surface area contributed by atoms with Crippen LogP contribution >= 0.6 is 0 Å². The van der Waals surface area contributed by atoms with Gasteiger partial charge in [0.2, 0.25) is 5.91 Å². The van der Waals surface area contributed by atoms with E-state index in [1.54, 1.807) is 0 Å². The third-order valence-electron chi connectivity index (χ3n) is 8.21. The number of rotatable bonds is 9. The smallest absolute Gasteiger partial charge is 0.599 e. The van der Waals surface area contributed by atoms with Gasteiger partial charge in [0.1, 0.15) is 23.8 Å². The average Bonchev–Trinajstić information content (AvgIpc) is 3.45. The van der Waals surface area contributed by atoms with Gasteiger partial charge in [-0.15, -0.1) is 0 Å². The summed E-state index contributed by atoms with van der Waals surface area (Å²) in [7, 11) is 1.83. The lowest BCUT2D eigenvalue weighted by Gasteiger charge is -2.47. The van der Waals surface area contributed by atoms with Gasteiger partial charge in [-0.3, -0.25) is 14.6 Å². The van der Waals surface area contributed by atoms with Crippen molar-refractivity contribution in [3.8, 4) is 0 Å². The van der Waals surface area contributed by atoms with Gasteiger partial charge in [0.25, 0.3) is 5.91 Å². The molecule has 2 N–H and O–H groups in total. The van der Waals surface area contributed by atoms with Crippen molar-refractivity contribution in [1.29, 1.82) is 0 Å². The fraction of sp³-hybridized carbons (Fsp3) is 0.462. The van der Waals surface area contributed by atoms with Crippen molar-refractivity contribution < 1.29 is 32.9 Å². The third kappa shape index (κ3) is 4.22. The van der Waals surface area contributed by atoms with E-state index in [-0.39, 0.29) is 22.4 Å². The molecule has 4 heterocycles. The van der Waals surface area contributed by atoms with Crippen LogP contribution in [0.4, 0.5) is 0 Å². The van der Waals surface area contributed by atoms with E-state index < -0.39 is 54.5 Å². The van der Waals surface area contributed by atoms with Gasteiger partial charge in [-0.25, -0.2) is 14.6 Å². The first-order chi connectivity index (χ1) is 18.2. The van der Waals surface area contributed by atoms with Crippen LogP contribution in [0.2, 0.25) is 0 Å². The zero-order chi connectivity index (χ0) is 27.1. The first-order valence-corrected chi connectivity index (χ1v) is 13.0. The Labute approximate surface area is 220 Å². The second-order valence-electron chi connectivity index (χ2n) is 11.0. The lowest BCUT2D eigenvalue weighted by molar-refractivity contribution is -0.829. The van der Waals surface area contributed by atoms with Crippen LogP contribution in [0.1, 0.15) is 49.2 Å². The molecule has 1 aromatic carbocycles. The number of likely N-dealkylation sites (N-methyl/N-ethyl adjacent to an activating group) is 1. The van der Waals surface area contributed by atoms with E-state index >= 15 is 0 Å². The summed E-state index contributed by atoms with van der Waals surface area (Å²) >= 11 is 0. The molecule has 3 aliphatic heterocycles. The van der Waals surface area contributed by atoms with Crippen LogP contribution < -0.4 is 10.6 Å². The second-order valence-corrected chi connectivity index (χ2v) is 11.0. The number of nitrogens with zero attached hydrogens (tertiary/aromatic N) is 3. The number of hydrogen-bond acceptors (Lipinski definition) is 8. The van der Waals surface area contributed by atoms with Crippen molar-refractivity contribution in [3.05, 3.63) is 60.2 Å². The Morgan fingerprint density at radius 1 is 1.05 bits per heavy atom. The fourth-order valence-electron chi connectivity index (χ4n) is 6.41. The van der Waals surface area contributed by atoms with E-state index in [9.17, 15) is 19.2 Å². The Bertz CT molecular complexity index is 1220. The van der Waals surface area contributed by atoms with Gasteiger partial charge in [-0.2, -0.15) is 0 Å². The molecule has 2 aromatic rings. The Hall–Kier alpha value is -3.80. The molecule has 0 unspecified atom stereocenters. The number of hydrogen-bond donors (Lipinski definition) is 2. The van der Waals surface area contributed by atoms with E-state index in [4.69, 9.17) is 9.31 Å². The molecule has 0 spiro atoms. The van der Waals surface area contributed by atoms with Crippen LogP contribution in [-0.4, -0.2) is 75.9 Å². The van der Waals surface area contributed by atoms with Gasteiger partial charge in [0.05, 0.1) is 12.1 Å². The van der Waals surface area contributed by atoms with Crippen LogP contribution in [0.25, 0.3) is 0 Å². The minimum Gasteiger partial charge on any atom is -0.599 e. The summed E-state index contributed by atoms with van der Waals surface area (Å²) in [6.07, 6.45) is 5.87. The molecule has 3 saturated heterocycles. The number of carbonyl (C=O) groups is 4. The van der Waals surface area contributed by atoms with E-state index in [0.717, 1.165) is 5.56 Å². The van der Waals surface area contributed by atoms with Crippen LogP contribution in [0.15, 0.2) is 48.9 Å². The first kappa shape index (κ1) is 25.8. The van der Waals surface area contributed by atoms with Crippen LogP contribution in [0, 0.1) is 5.92 Å². The average molecular weight is 521 g/mol. The molecule has 0 aliphatic carbocycles. The summed E-state index contributed by atoms with van der Waals surface area (Å²) in [5.74, 6) is -2.50. The molecule has 2 amide bonds. The lowest BCUT2D eigenvalue weighted by atomic mass is 9.57. The monoisotopic (exact) mass is 521 g/mol. The minimum atomic E-state index is -2.55. The first-order valence-electron chi connectivity index (χ1n) is 13.0. The summed E-state index contributed by atoms with van der Waals surface area (Å²) in [5.41, 5.74) is 0.921. The van der Waals surface area contributed by atoms with Gasteiger partial charge < -0.3 is 24.3 Å². The Kier molecular flexibility index (Phi) is 6.68. The molecule has 0 bridgehead atoms. The number of nitrogens with one attached hydrogen (secondary N) is 2. The lowest BCUT2D eigenvalue weighted by Crippen LogP contribution is -2.74. The van der Waals surface area contributed by atoms with Crippen LogP contribution in [0.3, 0.4) is 0 Å². The van der Waals surface area contributed by atoms with E-state index in [1.807, 2.05) is 51.2 Å². The third-order valence-corrected chi connectivity index (χ3v) is 8.21. The zero-order valence-electron chi connectivity index (χ0n) is 21.7. The Morgan fingerprint density at radius 2 is 1.71 bits per heavy atom. The number of quaternary nitrogens is 1. The summed E-state index contributed by atoms with van der Waals surface area (Å²) in [6.45, 7) is 1.41. The molecule has 0 saturated carbocycles. The predicted octanol–water partition coefficient (Wildman–Crippen LogP) is 0.918. The van der Waals surface area contributed by atoms with Crippen molar-refractivity contribution in [2.24, 2.45) is 5.92 Å². The molecule has 0 radical (unpaired) electrons. The molecule has 200 valence electrons. The maximum Gasteiger partial charge on any atom is 0.605 e. The molecular formula is C26H32BN5O6. The van der Waals surface area contributed by atoms with Crippen molar-refractivity contribution in [3.63, 3.8) is 0 Å². The quantitative estimate of drug-likeness (QED) is 0.465. The van der Waals surface area contributed by atoms with Gasteiger partial charge in [-0.1, -0.05) is 44.2 Å². The molecule has 12 heteroatoms. The topological polar surface area (TPSA) is 137 Å². The number of benzene rings is 1. The van der Waals surface area contributed by atoms with Crippen LogP contribution in [0.5, 0.6) is 0 Å². The molecule has 4 atom stereocenters. The van der Waals surface area contributed by atoms with Crippen molar-refractivity contribution >= 4 is 30.4 Å². The molecule has 3 aliphatic rings. The Balaban J connectivity index is 1.45. The predicted molar refractivity (Wildman–Crippen MR) is 136 cm³/mol. The normalized spacial score (nSPS) is 28.8. The van der Waals surface area contributed by atoms with Crippen molar-refractivity contribution in [1.82, 2.24) is 20.6 Å². The Morgan fingerprint density at radius 3 is 2.29 bits per heavy atom. The maximum atomic E-state index is 13.9. The van der Waals surface area contributed by atoms with Gasteiger partial charge in [0, 0.05) is 38.7 Å². The summed E-state index contributed by atoms with van der Waals surface area (Å²) < 4.78 is 11.9. The van der Waals surface area contributed by atoms with Crippen molar-refractivity contribution in [2.75, 3.05) is 7.05 Å². The zero-order valence-corrected chi connectivity index (χ0v) is 21.7. The highest BCUT2D eigenvalue weighted by molar-refractivity contribution is 6.68.